The molecule has 2 aromatic rings. The number of nitrogens with zero attached hydrogens (tertiary/aromatic N) is 1. The van der Waals surface area contributed by atoms with Crippen LogP contribution in [0.15, 0.2) is 40.3 Å². The highest BCUT2D eigenvalue weighted by Crippen LogP contribution is 2.32. The Morgan fingerprint density at radius 1 is 1.28 bits per heavy atom. The Morgan fingerprint density at radius 3 is 2.88 bits per heavy atom. The lowest BCUT2D eigenvalue weighted by Gasteiger charge is -2.22. The minimum absolute atomic E-state index is 0.0180. The quantitative estimate of drug-likeness (QED) is 0.896. The lowest BCUT2D eigenvalue weighted by molar-refractivity contribution is -0.126. The number of carbonyl (C=O) groups is 1. The number of carbonyl (C=O) groups excluding carboxylic acids is 1. The summed E-state index contributed by atoms with van der Waals surface area (Å²) in [5, 5.41) is 0.615. The summed E-state index contributed by atoms with van der Waals surface area (Å²) in [6.45, 7) is 3.21. The number of fused-ring (bicyclic) bond motifs is 1. The summed E-state index contributed by atoms with van der Waals surface area (Å²) in [4.78, 5) is 14.7. The third kappa shape index (κ3) is 3.05. The van der Waals surface area contributed by atoms with E-state index >= 15 is 0 Å². The molecule has 0 saturated carbocycles. The van der Waals surface area contributed by atoms with Gasteiger partial charge < -0.3 is 19.8 Å². The lowest BCUT2D eigenvalue weighted by Crippen LogP contribution is -2.34. The fourth-order valence-corrected chi connectivity index (χ4v) is 3.60. The van der Waals surface area contributed by atoms with Gasteiger partial charge in [-0.05, 0) is 43.3 Å². The Bertz CT molecular complexity index is 858. The van der Waals surface area contributed by atoms with Gasteiger partial charge in [-0.3, -0.25) is 4.79 Å². The topological polar surface area (TPSA) is 68.7 Å². The molecule has 0 aliphatic carbocycles. The molecule has 0 bridgehead atoms. The van der Waals surface area contributed by atoms with Gasteiger partial charge in [-0.15, -0.1) is 0 Å². The van der Waals surface area contributed by atoms with Gasteiger partial charge in [0.15, 0.2) is 0 Å². The Hall–Kier alpha value is -2.24. The maximum absolute atomic E-state index is 12.9. The Kier molecular flexibility index (Phi) is 4.06. The molecule has 1 aromatic carbocycles. The van der Waals surface area contributed by atoms with Gasteiger partial charge in [-0.1, -0.05) is 11.6 Å². The summed E-state index contributed by atoms with van der Waals surface area (Å²) < 4.78 is 11.4. The van der Waals surface area contributed by atoms with Gasteiger partial charge in [0, 0.05) is 29.7 Å². The normalized spacial score (nSPS) is 22.4. The van der Waals surface area contributed by atoms with Gasteiger partial charge in [0.25, 0.3) is 5.91 Å². The minimum Gasteiger partial charge on any atom is -0.488 e. The van der Waals surface area contributed by atoms with E-state index in [0.29, 0.717) is 23.7 Å². The van der Waals surface area contributed by atoms with Gasteiger partial charge in [-0.25, -0.2) is 0 Å². The zero-order chi connectivity index (χ0) is 17.6. The van der Waals surface area contributed by atoms with Crippen molar-refractivity contribution in [1.29, 1.82) is 0 Å². The van der Waals surface area contributed by atoms with Crippen LogP contribution in [0.25, 0.3) is 6.08 Å². The van der Waals surface area contributed by atoms with E-state index in [1.165, 1.54) is 0 Å². The van der Waals surface area contributed by atoms with Crippen molar-refractivity contribution in [2.75, 3.05) is 19.7 Å². The Balaban J connectivity index is 1.54. The molecule has 2 atom stereocenters. The second kappa shape index (κ2) is 6.24. The summed E-state index contributed by atoms with van der Waals surface area (Å²) in [6.07, 6.45) is 1.85. The summed E-state index contributed by atoms with van der Waals surface area (Å²) in [6, 6.07) is 9.11. The predicted octanol–water partition coefficient (Wildman–Crippen LogP) is 2.97. The van der Waals surface area contributed by atoms with E-state index in [-0.39, 0.29) is 24.5 Å². The lowest BCUT2D eigenvalue weighted by atomic mass is 10.0. The molecule has 1 amide bonds. The fraction of sp³-hybridized carbons (Fsp3) is 0.316. The second-order valence-electron chi connectivity index (χ2n) is 6.57. The van der Waals surface area contributed by atoms with Crippen molar-refractivity contribution in [3.05, 3.63) is 58.0 Å². The zero-order valence-corrected chi connectivity index (χ0v) is 14.6. The first-order valence-corrected chi connectivity index (χ1v) is 8.63. The van der Waals surface area contributed by atoms with Crippen LogP contribution in [0.3, 0.4) is 0 Å². The summed E-state index contributed by atoms with van der Waals surface area (Å²) in [7, 11) is 0. The molecule has 25 heavy (non-hydrogen) atoms. The van der Waals surface area contributed by atoms with E-state index < -0.39 is 0 Å². The number of nitrogens with two attached hydrogens (primary N) is 1. The number of furan rings is 1. The van der Waals surface area contributed by atoms with Gasteiger partial charge in [0.1, 0.15) is 23.9 Å². The first-order chi connectivity index (χ1) is 12.0. The molecule has 6 heteroatoms. The standard InChI is InChI=1S/C19H19ClN2O3/c1-11-2-4-18(25-11)15-8-22(9-16(15)21)19(23)13-6-12-7-14(20)3-5-17(12)24-10-13/h2-7,15-16H,8-10,21H2,1H3/t15-,16-/m0/s1. The van der Waals surface area contributed by atoms with Crippen LogP contribution in [0.1, 0.15) is 23.0 Å². The van der Waals surface area contributed by atoms with Crippen LogP contribution in [0.2, 0.25) is 5.02 Å². The third-order valence-electron chi connectivity index (χ3n) is 4.74. The van der Waals surface area contributed by atoms with Crippen molar-refractivity contribution < 1.29 is 13.9 Å². The average molecular weight is 359 g/mol. The SMILES string of the molecule is Cc1ccc([C@H]2CN(C(=O)C3=Cc4cc(Cl)ccc4OC3)C[C@@H]2N)o1. The summed E-state index contributed by atoms with van der Waals surface area (Å²) in [5.74, 6) is 2.40. The van der Waals surface area contributed by atoms with Crippen molar-refractivity contribution >= 4 is 23.6 Å². The van der Waals surface area contributed by atoms with Crippen molar-refractivity contribution in [3.63, 3.8) is 0 Å². The van der Waals surface area contributed by atoms with Gasteiger partial charge >= 0.3 is 0 Å². The molecule has 1 fully saturated rings. The highest BCUT2D eigenvalue weighted by Gasteiger charge is 2.37. The molecular weight excluding hydrogens is 340 g/mol. The first-order valence-electron chi connectivity index (χ1n) is 8.25. The smallest absolute Gasteiger partial charge is 0.253 e. The molecule has 0 spiro atoms. The number of rotatable bonds is 2. The molecule has 0 unspecified atom stereocenters. The number of amides is 1. The molecule has 2 N–H and O–H groups in total. The highest BCUT2D eigenvalue weighted by molar-refractivity contribution is 6.30. The first kappa shape index (κ1) is 16.2. The van der Waals surface area contributed by atoms with E-state index in [1.54, 1.807) is 17.0 Å². The minimum atomic E-state index is -0.138. The predicted molar refractivity (Wildman–Crippen MR) is 95.7 cm³/mol. The molecule has 130 valence electrons. The van der Waals surface area contributed by atoms with E-state index in [1.807, 2.05) is 31.2 Å². The van der Waals surface area contributed by atoms with Crippen LogP contribution >= 0.6 is 11.6 Å². The molecule has 1 saturated heterocycles. The van der Waals surface area contributed by atoms with Crippen molar-refractivity contribution in [2.24, 2.45) is 5.73 Å². The van der Waals surface area contributed by atoms with E-state index in [4.69, 9.17) is 26.5 Å². The van der Waals surface area contributed by atoms with E-state index in [0.717, 1.165) is 22.8 Å². The largest absolute Gasteiger partial charge is 0.488 e. The zero-order valence-electron chi connectivity index (χ0n) is 13.9. The van der Waals surface area contributed by atoms with Crippen LogP contribution < -0.4 is 10.5 Å². The number of hydrogen-bond donors (Lipinski definition) is 1. The average Bonchev–Trinajstić information content (AvgIpc) is 3.19. The third-order valence-corrected chi connectivity index (χ3v) is 4.97. The maximum Gasteiger partial charge on any atom is 0.253 e. The summed E-state index contributed by atoms with van der Waals surface area (Å²) in [5.41, 5.74) is 7.68. The van der Waals surface area contributed by atoms with Gasteiger partial charge in [0.05, 0.1) is 11.5 Å². The number of aryl methyl sites for hydroxylation is 1. The van der Waals surface area contributed by atoms with Crippen molar-refractivity contribution in [2.45, 2.75) is 18.9 Å². The van der Waals surface area contributed by atoms with E-state index in [2.05, 4.69) is 0 Å². The molecule has 0 radical (unpaired) electrons. The van der Waals surface area contributed by atoms with Crippen LogP contribution in [-0.2, 0) is 4.79 Å². The molecule has 2 aliphatic rings. The number of halogens is 1. The summed E-state index contributed by atoms with van der Waals surface area (Å²) >= 11 is 6.03. The molecular formula is C19H19ClN2O3. The number of benzene rings is 1. The van der Waals surface area contributed by atoms with Gasteiger partial charge in [0.2, 0.25) is 0 Å². The second-order valence-corrected chi connectivity index (χ2v) is 7.01. The molecule has 5 nitrogen and oxygen atoms in total. The molecule has 4 rings (SSSR count). The number of likely N-dealkylation sites (tertiary alicyclic amines) is 1. The Morgan fingerprint density at radius 2 is 2.12 bits per heavy atom. The monoisotopic (exact) mass is 358 g/mol. The Labute approximate surface area is 151 Å². The molecule has 3 heterocycles. The maximum atomic E-state index is 12.9. The van der Waals surface area contributed by atoms with Crippen molar-refractivity contribution in [3.8, 4) is 5.75 Å². The number of ether oxygens (including phenoxy) is 1. The van der Waals surface area contributed by atoms with Gasteiger partial charge in [-0.2, -0.15) is 0 Å². The molecule has 2 aliphatic heterocycles. The fourth-order valence-electron chi connectivity index (χ4n) is 3.42. The molecule has 1 aromatic heterocycles. The van der Waals surface area contributed by atoms with Crippen LogP contribution in [0, 0.1) is 6.92 Å². The van der Waals surface area contributed by atoms with Crippen LogP contribution in [0.4, 0.5) is 0 Å². The number of hydrogen-bond acceptors (Lipinski definition) is 4. The van der Waals surface area contributed by atoms with Crippen LogP contribution in [0.5, 0.6) is 5.75 Å². The van der Waals surface area contributed by atoms with Crippen LogP contribution in [-0.4, -0.2) is 36.5 Å². The van der Waals surface area contributed by atoms with Crippen molar-refractivity contribution in [1.82, 2.24) is 4.90 Å². The van der Waals surface area contributed by atoms with E-state index in [9.17, 15) is 4.79 Å². The highest BCUT2D eigenvalue weighted by atomic mass is 35.5.